The van der Waals surface area contributed by atoms with Crippen LogP contribution in [-0.4, -0.2) is 24.5 Å². The maximum absolute atomic E-state index is 11.8. The van der Waals surface area contributed by atoms with Gasteiger partial charge in [-0.2, -0.15) is 5.10 Å². The molecule has 0 saturated carbocycles. The zero-order chi connectivity index (χ0) is 22.0. The van der Waals surface area contributed by atoms with Crippen LogP contribution in [0.5, 0.6) is 0 Å². The van der Waals surface area contributed by atoms with Crippen molar-refractivity contribution in [3.05, 3.63) is 95.1 Å². The summed E-state index contributed by atoms with van der Waals surface area (Å²) >= 11 is 6.10. The minimum absolute atomic E-state index is 0.296. The first-order valence-electron chi connectivity index (χ1n) is 10.0. The van der Waals surface area contributed by atoms with Crippen molar-refractivity contribution in [2.75, 3.05) is 6.26 Å². The molecule has 0 spiro atoms. The van der Waals surface area contributed by atoms with Gasteiger partial charge >= 0.3 is 0 Å². The third-order valence-electron chi connectivity index (χ3n) is 5.35. The molecule has 0 saturated heterocycles. The van der Waals surface area contributed by atoms with Crippen molar-refractivity contribution >= 4 is 21.4 Å². The van der Waals surface area contributed by atoms with Gasteiger partial charge in [0.2, 0.25) is 0 Å². The monoisotopic (exact) mass is 450 g/mol. The molecule has 1 aromatic heterocycles. The van der Waals surface area contributed by atoms with Crippen LogP contribution in [0, 0.1) is 6.92 Å². The molecule has 1 heterocycles. The van der Waals surface area contributed by atoms with Crippen molar-refractivity contribution in [2.45, 2.75) is 24.8 Å². The Balaban J connectivity index is 1.77. The van der Waals surface area contributed by atoms with Gasteiger partial charge in [0, 0.05) is 34.6 Å². The number of aryl methyl sites for hydroxylation is 2. The second-order valence-electron chi connectivity index (χ2n) is 7.57. The van der Waals surface area contributed by atoms with Crippen LogP contribution in [-0.2, 0) is 22.8 Å². The molecule has 0 amide bonds. The molecule has 6 heteroatoms. The molecule has 4 rings (SSSR count). The van der Waals surface area contributed by atoms with Crippen LogP contribution in [0.1, 0.15) is 11.3 Å². The van der Waals surface area contributed by atoms with Crippen molar-refractivity contribution in [1.82, 2.24) is 9.78 Å². The van der Waals surface area contributed by atoms with E-state index in [-0.39, 0.29) is 0 Å². The molecule has 0 unspecified atom stereocenters. The molecule has 3 aromatic carbocycles. The van der Waals surface area contributed by atoms with E-state index in [2.05, 4.69) is 19.1 Å². The lowest BCUT2D eigenvalue weighted by Gasteiger charge is -2.07. The minimum atomic E-state index is -3.25. The molecule has 0 aliphatic rings. The quantitative estimate of drug-likeness (QED) is 0.371. The van der Waals surface area contributed by atoms with E-state index in [1.165, 1.54) is 11.8 Å². The summed E-state index contributed by atoms with van der Waals surface area (Å²) < 4.78 is 25.7. The average molecular weight is 451 g/mol. The van der Waals surface area contributed by atoms with E-state index in [9.17, 15) is 8.42 Å². The minimum Gasteiger partial charge on any atom is -0.268 e. The van der Waals surface area contributed by atoms with E-state index in [1.54, 1.807) is 12.1 Å². The van der Waals surface area contributed by atoms with Gasteiger partial charge < -0.3 is 0 Å². The smallest absolute Gasteiger partial charge is 0.175 e. The van der Waals surface area contributed by atoms with Crippen LogP contribution in [0.3, 0.4) is 0 Å². The third-order valence-corrected chi connectivity index (χ3v) is 6.73. The summed E-state index contributed by atoms with van der Waals surface area (Å²) in [6.45, 7) is 2.81. The third kappa shape index (κ3) is 4.73. The molecule has 0 aliphatic carbocycles. The Morgan fingerprint density at radius 2 is 1.48 bits per heavy atom. The SMILES string of the molecule is Cc1c(-c2ccc(Cl)cc2)c(-c2ccc(S(C)(=O)=O)cc2)nn1CCc1ccccc1. The predicted octanol–water partition coefficient (Wildman–Crippen LogP) is 5.83. The van der Waals surface area contributed by atoms with Crippen LogP contribution in [0.4, 0.5) is 0 Å². The Bertz CT molecular complexity index is 1290. The van der Waals surface area contributed by atoms with Gasteiger partial charge in [0.05, 0.1) is 4.90 Å². The lowest BCUT2D eigenvalue weighted by molar-refractivity contribution is 0.600. The lowest BCUT2D eigenvalue weighted by atomic mass is 9.99. The van der Waals surface area contributed by atoms with E-state index in [4.69, 9.17) is 16.7 Å². The maximum Gasteiger partial charge on any atom is 0.175 e. The van der Waals surface area contributed by atoms with Crippen molar-refractivity contribution < 1.29 is 8.42 Å². The van der Waals surface area contributed by atoms with Gasteiger partial charge in [0.15, 0.2) is 9.84 Å². The van der Waals surface area contributed by atoms with Gasteiger partial charge in [-0.15, -0.1) is 0 Å². The highest BCUT2D eigenvalue weighted by molar-refractivity contribution is 7.90. The van der Waals surface area contributed by atoms with Gasteiger partial charge in [0.25, 0.3) is 0 Å². The standard InChI is InChI=1S/C25H23ClN2O2S/c1-18-24(20-8-12-22(26)13-9-20)25(21-10-14-23(15-11-21)31(2,29)30)27-28(18)17-16-19-6-4-3-5-7-19/h3-15H,16-17H2,1-2H3. The molecule has 0 bridgehead atoms. The van der Waals surface area contributed by atoms with E-state index in [0.29, 0.717) is 9.92 Å². The molecule has 4 nitrogen and oxygen atoms in total. The zero-order valence-electron chi connectivity index (χ0n) is 17.4. The lowest BCUT2D eigenvalue weighted by Crippen LogP contribution is -2.05. The van der Waals surface area contributed by atoms with Crippen molar-refractivity contribution in [3.63, 3.8) is 0 Å². The molecule has 0 radical (unpaired) electrons. The Kier molecular flexibility index (Phi) is 5.99. The number of halogens is 1. The summed E-state index contributed by atoms with van der Waals surface area (Å²) in [6, 6.07) is 24.9. The van der Waals surface area contributed by atoms with Gasteiger partial charge in [-0.3, -0.25) is 4.68 Å². The Morgan fingerprint density at radius 3 is 2.10 bits per heavy atom. The molecule has 4 aromatic rings. The molecule has 0 fully saturated rings. The molecule has 0 N–H and O–H groups in total. The highest BCUT2D eigenvalue weighted by Crippen LogP contribution is 2.35. The number of nitrogens with zero attached hydrogens (tertiary/aromatic N) is 2. The summed E-state index contributed by atoms with van der Waals surface area (Å²) in [7, 11) is -3.25. The fourth-order valence-electron chi connectivity index (χ4n) is 3.67. The summed E-state index contributed by atoms with van der Waals surface area (Å²) in [5.41, 5.74) is 6.06. The van der Waals surface area contributed by atoms with Crippen LogP contribution in [0.2, 0.25) is 5.02 Å². The number of aromatic nitrogens is 2. The number of benzene rings is 3. The van der Waals surface area contributed by atoms with Crippen LogP contribution >= 0.6 is 11.6 Å². The Labute approximate surface area is 188 Å². The molecule has 0 atom stereocenters. The number of hydrogen-bond donors (Lipinski definition) is 0. The summed E-state index contributed by atoms with van der Waals surface area (Å²) in [4.78, 5) is 0.296. The van der Waals surface area contributed by atoms with Gasteiger partial charge in [-0.1, -0.05) is 66.2 Å². The van der Waals surface area contributed by atoms with Crippen molar-refractivity contribution in [1.29, 1.82) is 0 Å². The maximum atomic E-state index is 11.8. The predicted molar refractivity (Wildman–Crippen MR) is 126 cm³/mol. The number of hydrogen-bond acceptors (Lipinski definition) is 3. The first-order chi connectivity index (χ1) is 14.8. The van der Waals surface area contributed by atoms with Gasteiger partial charge in [-0.05, 0) is 48.7 Å². The average Bonchev–Trinajstić information content (AvgIpc) is 3.09. The van der Waals surface area contributed by atoms with Gasteiger partial charge in [-0.25, -0.2) is 8.42 Å². The largest absolute Gasteiger partial charge is 0.268 e. The number of rotatable bonds is 6. The molecular weight excluding hydrogens is 428 g/mol. The van der Waals surface area contributed by atoms with Crippen LogP contribution in [0.25, 0.3) is 22.4 Å². The Hall–Kier alpha value is -2.89. The highest BCUT2D eigenvalue weighted by atomic mass is 35.5. The molecule has 158 valence electrons. The van der Waals surface area contributed by atoms with Gasteiger partial charge in [0.1, 0.15) is 5.69 Å². The molecule has 0 aliphatic heterocycles. The summed E-state index contributed by atoms with van der Waals surface area (Å²) in [6.07, 6.45) is 2.08. The van der Waals surface area contributed by atoms with E-state index < -0.39 is 9.84 Å². The van der Waals surface area contributed by atoms with Crippen LogP contribution in [0.15, 0.2) is 83.8 Å². The van der Waals surface area contributed by atoms with E-state index in [0.717, 1.165) is 41.0 Å². The van der Waals surface area contributed by atoms with E-state index >= 15 is 0 Å². The zero-order valence-corrected chi connectivity index (χ0v) is 19.0. The highest BCUT2D eigenvalue weighted by Gasteiger charge is 2.19. The second kappa shape index (κ2) is 8.69. The first-order valence-corrected chi connectivity index (χ1v) is 12.3. The topological polar surface area (TPSA) is 52.0 Å². The van der Waals surface area contributed by atoms with Crippen molar-refractivity contribution in [2.24, 2.45) is 0 Å². The van der Waals surface area contributed by atoms with Crippen molar-refractivity contribution in [3.8, 4) is 22.4 Å². The summed E-state index contributed by atoms with van der Waals surface area (Å²) in [5, 5.41) is 5.60. The normalized spacial score (nSPS) is 11.6. The van der Waals surface area contributed by atoms with Crippen LogP contribution < -0.4 is 0 Å². The molecular formula is C25H23ClN2O2S. The molecule has 31 heavy (non-hydrogen) atoms. The fraction of sp³-hybridized carbons (Fsp3) is 0.160. The Morgan fingerprint density at radius 1 is 0.871 bits per heavy atom. The second-order valence-corrected chi connectivity index (χ2v) is 10.0. The fourth-order valence-corrected chi connectivity index (χ4v) is 4.42. The van der Waals surface area contributed by atoms with E-state index in [1.807, 2.05) is 59.3 Å². The summed E-state index contributed by atoms with van der Waals surface area (Å²) in [5.74, 6) is 0. The number of sulfone groups is 1. The first kappa shape index (κ1) is 21.3.